The largest absolute Gasteiger partial charge is 0.348 e. The monoisotopic (exact) mass is 344 g/mol. The number of rotatable bonds is 5. The van der Waals surface area contributed by atoms with Gasteiger partial charge < -0.3 is 10.6 Å². The van der Waals surface area contributed by atoms with E-state index in [0.29, 0.717) is 10.6 Å². The van der Waals surface area contributed by atoms with Gasteiger partial charge in [0.25, 0.3) is 5.91 Å². The third-order valence-electron chi connectivity index (χ3n) is 3.75. The lowest BCUT2D eigenvalue weighted by molar-refractivity contribution is -0.123. The Morgan fingerprint density at radius 3 is 2.29 bits per heavy atom. The number of hydrogen-bond donors (Lipinski definition) is 2. The summed E-state index contributed by atoms with van der Waals surface area (Å²) in [5.41, 5.74) is 2.49. The second-order valence-electron chi connectivity index (χ2n) is 5.85. The quantitative estimate of drug-likeness (QED) is 0.870. The van der Waals surface area contributed by atoms with E-state index in [1.54, 1.807) is 31.2 Å². The molecule has 2 atom stereocenters. The normalized spacial score (nSPS) is 13.0. The molecule has 0 aromatic heterocycles. The summed E-state index contributed by atoms with van der Waals surface area (Å²) in [5, 5.41) is 6.25. The summed E-state index contributed by atoms with van der Waals surface area (Å²) in [6.07, 6.45) is 0. The summed E-state index contributed by atoms with van der Waals surface area (Å²) in [7, 11) is 0. The molecule has 0 aliphatic heterocycles. The maximum Gasteiger partial charge on any atom is 0.251 e. The minimum atomic E-state index is -0.632. The van der Waals surface area contributed by atoms with Crippen molar-refractivity contribution in [3.8, 4) is 0 Å². The standard InChI is InChI=1S/C19H21ClN2O2/c1-12-5-4-6-16(11-12)19(24)22-14(3)18(23)21-13(2)15-7-9-17(20)10-8-15/h4-11,13-14H,1-3H3,(H,21,23)(H,22,24). The molecule has 2 amide bonds. The fourth-order valence-electron chi connectivity index (χ4n) is 2.31. The van der Waals surface area contributed by atoms with Crippen LogP contribution in [0.4, 0.5) is 0 Å². The molecule has 2 N–H and O–H groups in total. The van der Waals surface area contributed by atoms with E-state index in [0.717, 1.165) is 11.1 Å². The van der Waals surface area contributed by atoms with Gasteiger partial charge in [-0.05, 0) is 50.6 Å². The second-order valence-corrected chi connectivity index (χ2v) is 6.28. The predicted octanol–water partition coefficient (Wildman–Crippen LogP) is 3.64. The molecule has 0 aliphatic rings. The molecule has 0 bridgehead atoms. The van der Waals surface area contributed by atoms with E-state index < -0.39 is 6.04 Å². The Bertz CT molecular complexity index is 728. The molecule has 0 spiro atoms. The van der Waals surface area contributed by atoms with E-state index in [4.69, 9.17) is 11.6 Å². The Morgan fingerprint density at radius 2 is 1.67 bits per heavy atom. The lowest BCUT2D eigenvalue weighted by Gasteiger charge is -2.19. The number of nitrogens with one attached hydrogen (secondary N) is 2. The van der Waals surface area contributed by atoms with Crippen LogP contribution in [-0.4, -0.2) is 17.9 Å². The zero-order valence-electron chi connectivity index (χ0n) is 14.0. The van der Waals surface area contributed by atoms with Gasteiger partial charge >= 0.3 is 0 Å². The van der Waals surface area contributed by atoms with Crippen LogP contribution in [0, 0.1) is 6.92 Å². The maximum absolute atomic E-state index is 12.3. The van der Waals surface area contributed by atoms with Crippen LogP contribution in [-0.2, 0) is 4.79 Å². The number of carbonyl (C=O) groups excluding carboxylic acids is 2. The van der Waals surface area contributed by atoms with Crippen molar-refractivity contribution in [1.29, 1.82) is 0 Å². The van der Waals surface area contributed by atoms with Gasteiger partial charge in [0.2, 0.25) is 5.91 Å². The number of amides is 2. The number of carbonyl (C=O) groups is 2. The lowest BCUT2D eigenvalue weighted by atomic mass is 10.1. The van der Waals surface area contributed by atoms with Gasteiger partial charge in [0.05, 0.1) is 6.04 Å². The van der Waals surface area contributed by atoms with Crippen molar-refractivity contribution in [2.45, 2.75) is 32.9 Å². The molecule has 0 heterocycles. The minimum absolute atomic E-state index is 0.173. The van der Waals surface area contributed by atoms with Gasteiger partial charge in [-0.2, -0.15) is 0 Å². The molecule has 2 aromatic rings. The van der Waals surface area contributed by atoms with Gasteiger partial charge in [0.15, 0.2) is 0 Å². The van der Waals surface area contributed by atoms with E-state index in [1.165, 1.54) is 0 Å². The smallest absolute Gasteiger partial charge is 0.251 e. The average molecular weight is 345 g/mol. The highest BCUT2D eigenvalue weighted by Gasteiger charge is 2.18. The van der Waals surface area contributed by atoms with Crippen molar-refractivity contribution in [1.82, 2.24) is 10.6 Å². The fraction of sp³-hybridized carbons (Fsp3) is 0.263. The van der Waals surface area contributed by atoms with Gasteiger partial charge in [-0.15, -0.1) is 0 Å². The molecular formula is C19H21ClN2O2. The fourth-order valence-corrected chi connectivity index (χ4v) is 2.43. The topological polar surface area (TPSA) is 58.2 Å². The zero-order valence-corrected chi connectivity index (χ0v) is 14.7. The first-order valence-corrected chi connectivity index (χ1v) is 8.18. The van der Waals surface area contributed by atoms with Gasteiger partial charge in [-0.25, -0.2) is 0 Å². The van der Waals surface area contributed by atoms with Crippen molar-refractivity contribution in [2.75, 3.05) is 0 Å². The number of halogens is 1. The molecule has 4 nitrogen and oxygen atoms in total. The molecule has 2 rings (SSSR count). The molecule has 0 saturated heterocycles. The van der Waals surface area contributed by atoms with Crippen LogP contribution in [0.2, 0.25) is 5.02 Å². The Kier molecular flexibility index (Phi) is 5.99. The molecule has 0 fully saturated rings. The summed E-state index contributed by atoms with van der Waals surface area (Å²) < 4.78 is 0. The summed E-state index contributed by atoms with van der Waals surface area (Å²) in [5.74, 6) is -0.501. The van der Waals surface area contributed by atoms with Crippen LogP contribution in [0.5, 0.6) is 0 Å². The summed E-state index contributed by atoms with van der Waals surface area (Å²) in [6, 6.07) is 13.7. The number of benzene rings is 2. The van der Waals surface area contributed by atoms with Gasteiger partial charge in [-0.1, -0.05) is 41.4 Å². The van der Waals surface area contributed by atoms with Gasteiger partial charge in [0.1, 0.15) is 6.04 Å². The van der Waals surface area contributed by atoms with E-state index in [2.05, 4.69) is 10.6 Å². The van der Waals surface area contributed by atoms with Crippen LogP contribution >= 0.6 is 11.6 Å². The average Bonchev–Trinajstić information content (AvgIpc) is 2.55. The highest BCUT2D eigenvalue weighted by molar-refractivity contribution is 6.30. The molecule has 5 heteroatoms. The van der Waals surface area contributed by atoms with Crippen molar-refractivity contribution in [3.05, 3.63) is 70.2 Å². The van der Waals surface area contributed by atoms with Crippen molar-refractivity contribution >= 4 is 23.4 Å². The third kappa shape index (κ3) is 4.83. The van der Waals surface area contributed by atoms with Crippen molar-refractivity contribution < 1.29 is 9.59 Å². The van der Waals surface area contributed by atoms with E-state index in [-0.39, 0.29) is 17.9 Å². The molecule has 2 unspecified atom stereocenters. The van der Waals surface area contributed by atoms with Crippen LogP contribution in [0.15, 0.2) is 48.5 Å². The Hall–Kier alpha value is -2.33. The van der Waals surface area contributed by atoms with Crippen LogP contribution in [0.3, 0.4) is 0 Å². The first kappa shape index (κ1) is 18.0. The van der Waals surface area contributed by atoms with Crippen LogP contribution in [0.25, 0.3) is 0 Å². The highest BCUT2D eigenvalue weighted by Crippen LogP contribution is 2.16. The van der Waals surface area contributed by atoms with Crippen molar-refractivity contribution in [3.63, 3.8) is 0 Å². The lowest BCUT2D eigenvalue weighted by Crippen LogP contribution is -2.45. The van der Waals surface area contributed by atoms with Crippen LogP contribution < -0.4 is 10.6 Å². The van der Waals surface area contributed by atoms with E-state index >= 15 is 0 Å². The molecule has 0 radical (unpaired) electrons. The molecular weight excluding hydrogens is 324 g/mol. The van der Waals surface area contributed by atoms with Crippen LogP contribution in [0.1, 0.15) is 41.4 Å². The maximum atomic E-state index is 12.3. The summed E-state index contributed by atoms with van der Waals surface area (Å²) in [4.78, 5) is 24.5. The Labute approximate surface area is 147 Å². The molecule has 126 valence electrons. The Balaban J connectivity index is 1.94. The summed E-state index contributed by atoms with van der Waals surface area (Å²) >= 11 is 5.86. The van der Waals surface area contributed by atoms with Crippen molar-refractivity contribution in [2.24, 2.45) is 0 Å². The molecule has 24 heavy (non-hydrogen) atoms. The molecule has 2 aromatic carbocycles. The third-order valence-corrected chi connectivity index (χ3v) is 4.00. The SMILES string of the molecule is Cc1cccc(C(=O)NC(C)C(=O)NC(C)c2ccc(Cl)cc2)c1. The predicted molar refractivity (Wildman–Crippen MR) is 96.1 cm³/mol. The van der Waals surface area contributed by atoms with Gasteiger partial charge in [-0.3, -0.25) is 9.59 Å². The van der Waals surface area contributed by atoms with Gasteiger partial charge in [0, 0.05) is 10.6 Å². The minimum Gasteiger partial charge on any atom is -0.348 e. The second kappa shape index (κ2) is 7.97. The summed E-state index contributed by atoms with van der Waals surface area (Å²) in [6.45, 7) is 5.47. The first-order valence-electron chi connectivity index (χ1n) is 7.80. The molecule has 0 aliphatic carbocycles. The number of aryl methyl sites for hydroxylation is 1. The first-order chi connectivity index (χ1) is 11.4. The number of hydrogen-bond acceptors (Lipinski definition) is 2. The van der Waals surface area contributed by atoms with E-state index in [9.17, 15) is 9.59 Å². The zero-order chi connectivity index (χ0) is 17.7. The Morgan fingerprint density at radius 1 is 1.00 bits per heavy atom. The molecule has 0 saturated carbocycles. The highest BCUT2D eigenvalue weighted by atomic mass is 35.5. The van der Waals surface area contributed by atoms with E-state index in [1.807, 2.05) is 38.1 Å².